The van der Waals surface area contributed by atoms with Crippen molar-refractivity contribution in [3.8, 4) is 11.3 Å². The molecule has 0 aliphatic heterocycles. The van der Waals surface area contributed by atoms with Crippen molar-refractivity contribution in [1.82, 2.24) is 10.3 Å². The number of halogens is 2. The number of aromatic nitrogens is 1. The molecule has 6 nitrogen and oxygen atoms in total. The quantitative estimate of drug-likeness (QED) is 0.223. The van der Waals surface area contributed by atoms with Gasteiger partial charge in [0.2, 0.25) is 0 Å². The maximum absolute atomic E-state index is 13.7. The largest absolute Gasteiger partial charge is 0.464 e. The number of nitrogens with zero attached hydrogens (tertiary/aromatic N) is 1. The van der Waals surface area contributed by atoms with Gasteiger partial charge in [0.05, 0.1) is 23.4 Å². The molecule has 1 amide bonds. The van der Waals surface area contributed by atoms with Gasteiger partial charge < -0.3 is 14.8 Å². The molecule has 1 aromatic heterocycles. The molecule has 0 aliphatic rings. The third-order valence-electron chi connectivity index (χ3n) is 5.87. The minimum atomic E-state index is -0.657. The Hall–Kier alpha value is -3.26. The highest BCUT2D eigenvalue weighted by Gasteiger charge is 2.22. The Morgan fingerprint density at radius 2 is 1.78 bits per heavy atom. The summed E-state index contributed by atoms with van der Waals surface area (Å²) in [6, 6.07) is 22.6. The Morgan fingerprint density at radius 3 is 2.51 bits per heavy atom. The van der Waals surface area contributed by atoms with Gasteiger partial charge in [0, 0.05) is 32.6 Å². The molecule has 3 aromatic carbocycles. The van der Waals surface area contributed by atoms with Gasteiger partial charge in [-0.25, -0.2) is 9.78 Å². The van der Waals surface area contributed by atoms with E-state index in [4.69, 9.17) is 26.1 Å². The minimum Gasteiger partial charge on any atom is -0.464 e. The van der Waals surface area contributed by atoms with E-state index in [1.54, 1.807) is 13.0 Å². The van der Waals surface area contributed by atoms with E-state index in [0.717, 1.165) is 26.7 Å². The van der Waals surface area contributed by atoms with Gasteiger partial charge in [0.25, 0.3) is 5.91 Å². The fourth-order valence-corrected chi connectivity index (χ4v) is 4.76. The average Bonchev–Trinajstić information content (AvgIpc) is 2.89. The van der Waals surface area contributed by atoms with E-state index in [1.807, 2.05) is 73.7 Å². The van der Waals surface area contributed by atoms with Gasteiger partial charge in [0.15, 0.2) is 0 Å². The highest BCUT2D eigenvalue weighted by Crippen LogP contribution is 2.32. The lowest BCUT2D eigenvalue weighted by Crippen LogP contribution is -2.31. The smallest absolute Gasteiger partial charge is 0.332 e. The Labute approximate surface area is 229 Å². The molecule has 0 spiro atoms. The molecule has 4 rings (SSSR count). The van der Waals surface area contributed by atoms with Crippen LogP contribution in [0.4, 0.5) is 0 Å². The fraction of sp³-hybridized carbons (Fsp3) is 0.207. The van der Waals surface area contributed by atoms with Crippen LogP contribution >= 0.6 is 27.5 Å². The predicted molar refractivity (Wildman–Crippen MR) is 149 cm³/mol. The predicted octanol–water partition coefficient (Wildman–Crippen LogP) is 6.68. The molecule has 0 radical (unpaired) electrons. The topological polar surface area (TPSA) is 77.5 Å². The Morgan fingerprint density at radius 1 is 1.05 bits per heavy atom. The first-order chi connectivity index (χ1) is 17.9. The van der Waals surface area contributed by atoms with E-state index in [0.29, 0.717) is 21.7 Å². The number of pyridine rings is 1. The van der Waals surface area contributed by atoms with Crippen LogP contribution in [0.25, 0.3) is 22.2 Å². The number of rotatable bonds is 9. The lowest BCUT2D eigenvalue weighted by atomic mass is 9.97. The molecule has 0 aliphatic carbocycles. The molecule has 37 heavy (non-hydrogen) atoms. The number of esters is 1. The van der Waals surface area contributed by atoms with Gasteiger partial charge in [-0.3, -0.25) is 4.79 Å². The summed E-state index contributed by atoms with van der Waals surface area (Å²) in [5.41, 5.74) is 4.31. The van der Waals surface area contributed by atoms with Gasteiger partial charge in [-0.15, -0.1) is 0 Å². The zero-order valence-electron chi connectivity index (χ0n) is 20.5. The summed E-state index contributed by atoms with van der Waals surface area (Å²) < 4.78 is 11.7. The summed E-state index contributed by atoms with van der Waals surface area (Å²) in [6.45, 7) is 3.71. The number of carbonyl (C=O) groups excluding carboxylic acids is 2. The van der Waals surface area contributed by atoms with Crippen LogP contribution in [-0.4, -0.2) is 36.6 Å². The Kier molecular flexibility index (Phi) is 8.92. The third kappa shape index (κ3) is 6.36. The molecule has 8 heteroatoms. The van der Waals surface area contributed by atoms with Crippen LogP contribution in [0.5, 0.6) is 0 Å². The molecular formula is C29H26BrClN2O4. The number of amides is 1. The first-order valence-corrected chi connectivity index (χ1v) is 13.0. The van der Waals surface area contributed by atoms with Crippen molar-refractivity contribution in [3.63, 3.8) is 0 Å². The molecule has 0 saturated carbocycles. The molecule has 0 saturated heterocycles. The van der Waals surface area contributed by atoms with Crippen molar-refractivity contribution in [3.05, 3.63) is 99.0 Å². The summed E-state index contributed by atoms with van der Waals surface area (Å²) >= 11 is 9.93. The molecule has 0 fully saturated rings. The molecular weight excluding hydrogens is 556 g/mol. The number of carbonyl (C=O) groups is 2. The van der Waals surface area contributed by atoms with Gasteiger partial charge in [-0.2, -0.15) is 0 Å². The van der Waals surface area contributed by atoms with Crippen LogP contribution in [0.1, 0.15) is 34.5 Å². The van der Waals surface area contributed by atoms with E-state index in [1.165, 1.54) is 0 Å². The molecule has 4 aromatic rings. The van der Waals surface area contributed by atoms with Crippen LogP contribution in [-0.2, 0) is 14.3 Å². The number of benzene rings is 3. The van der Waals surface area contributed by atoms with E-state index in [-0.39, 0.29) is 25.7 Å². The van der Waals surface area contributed by atoms with Crippen molar-refractivity contribution in [2.24, 2.45) is 0 Å². The number of nitrogens with one attached hydrogen (secondary N) is 1. The number of hydrogen-bond donors (Lipinski definition) is 1. The summed E-state index contributed by atoms with van der Waals surface area (Å²) in [7, 11) is 0. The van der Waals surface area contributed by atoms with Crippen molar-refractivity contribution < 1.29 is 19.1 Å². The highest BCUT2D eigenvalue weighted by atomic mass is 79.9. The molecule has 190 valence electrons. The second-order valence-corrected chi connectivity index (χ2v) is 9.65. The molecule has 1 N–H and O–H groups in total. The Bertz CT molecular complexity index is 1430. The molecule has 0 bridgehead atoms. The van der Waals surface area contributed by atoms with Crippen molar-refractivity contribution >= 4 is 50.3 Å². The monoisotopic (exact) mass is 580 g/mol. The summed E-state index contributed by atoms with van der Waals surface area (Å²) in [5.74, 6) is -0.767. The van der Waals surface area contributed by atoms with Gasteiger partial charge in [0.1, 0.15) is 12.7 Å². The first-order valence-electron chi connectivity index (χ1n) is 11.8. The lowest BCUT2D eigenvalue weighted by molar-refractivity contribution is -0.150. The number of ether oxygens (including phenoxy) is 2. The van der Waals surface area contributed by atoms with Crippen molar-refractivity contribution in [2.75, 3.05) is 19.8 Å². The van der Waals surface area contributed by atoms with E-state index in [2.05, 4.69) is 21.2 Å². The maximum Gasteiger partial charge on any atom is 0.332 e. The van der Waals surface area contributed by atoms with Gasteiger partial charge in [-0.1, -0.05) is 76.1 Å². The van der Waals surface area contributed by atoms with E-state index in [9.17, 15) is 9.59 Å². The SMILES string of the molecule is CCOC(=O)COC(CNC(=O)c1c(C)c(-c2ccccc2)nc2ccc(Br)cc12)c1ccccc1Cl. The Balaban J connectivity index is 1.68. The standard InChI is InChI=1S/C29H26BrClN2O4/c1-3-36-26(34)17-37-25(21-11-7-8-12-23(21)31)16-32-29(35)27-18(2)28(19-9-5-4-6-10-19)33-24-14-13-20(30)15-22(24)27/h4-15,25H,3,16-17H2,1-2H3,(H,32,35). The minimum absolute atomic E-state index is 0.0971. The molecule has 1 atom stereocenters. The van der Waals surface area contributed by atoms with Gasteiger partial charge in [-0.05, 0) is 43.7 Å². The summed E-state index contributed by atoms with van der Waals surface area (Å²) in [5, 5.41) is 4.20. The number of hydrogen-bond acceptors (Lipinski definition) is 5. The highest BCUT2D eigenvalue weighted by molar-refractivity contribution is 9.10. The lowest BCUT2D eigenvalue weighted by Gasteiger charge is -2.21. The average molecular weight is 582 g/mol. The van der Waals surface area contributed by atoms with E-state index >= 15 is 0 Å². The zero-order valence-corrected chi connectivity index (χ0v) is 22.8. The maximum atomic E-state index is 13.7. The van der Waals surface area contributed by atoms with Crippen LogP contribution < -0.4 is 5.32 Å². The van der Waals surface area contributed by atoms with E-state index < -0.39 is 12.1 Å². The molecule has 1 unspecified atom stereocenters. The normalized spacial score (nSPS) is 11.8. The van der Waals surface area contributed by atoms with Crippen LogP contribution in [0, 0.1) is 6.92 Å². The fourth-order valence-electron chi connectivity index (χ4n) is 4.14. The summed E-state index contributed by atoms with van der Waals surface area (Å²) in [6.07, 6.45) is -0.657. The van der Waals surface area contributed by atoms with Crippen LogP contribution in [0.2, 0.25) is 5.02 Å². The third-order valence-corrected chi connectivity index (χ3v) is 6.71. The van der Waals surface area contributed by atoms with Gasteiger partial charge >= 0.3 is 5.97 Å². The second kappa shape index (κ2) is 12.3. The second-order valence-electron chi connectivity index (χ2n) is 8.32. The van der Waals surface area contributed by atoms with Crippen molar-refractivity contribution in [1.29, 1.82) is 0 Å². The van der Waals surface area contributed by atoms with Crippen LogP contribution in [0.3, 0.4) is 0 Å². The van der Waals surface area contributed by atoms with Crippen LogP contribution in [0.15, 0.2) is 77.3 Å². The molecule has 1 heterocycles. The first kappa shape index (κ1) is 26.8. The summed E-state index contributed by atoms with van der Waals surface area (Å²) in [4.78, 5) is 30.5. The van der Waals surface area contributed by atoms with Crippen molar-refractivity contribution in [2.45, 2.75) is 20.0 Å². The zero-order chi connectivity index (χ0) is 26.4. The number of fused-ring (bicyclic) bond motifs is 1.